The van der Waals surface area contributed by atoms with Crippen molar-refractivity contribution in [2.24, 2.45) is 0 Å². The molecule has 0 aromatic heterocycles. The molecule has 0 aliphatic carbocycles. The Hall–Kier alpha value is -1.86. The first-order chi connectivity index (χ1) is 34.7. The normalized spacial score (nSPS) is 19.7. The number of carbonyl (C=O) groups is 2. The zero-order chi connectivity index (χ0) is 51.8. The van der Waals surface area contributed by atoms with Gasteiger partial charge < -0.3 is 45.1 Å². The van der Waals surface area contributed by atoms with Crippen LogP contribution in [0.4, 0.5) is 0 Å². The average Bonchev–Trinajstić information content (AvgIpc) is 3.37. The van der Waals surface area contributed by atoms with E-state index in [4.69, 9.17) is 14.2 Å². The van der Waals surface area contributed by atoms with Crippen LogP contribution in [-0.4, -0.2) is 99.6 Å². The standard InChI is InChI=1S/C60H113NO10/c1-4-7-10-13-16-19-22-23-24-25-26-27-28-29-30-31-33-36-39-42-45-48-55(65)71-58-57(67)56(66)54(49-62)70-60(58)69-50-51(52(63)46-43-40-37-35-32-20-17-14-11-8-5-2)61-59(68)53(64)47-44-41-38-34-21-18-15-12-9-6-3/h23-24,43,46,51-54,56-58,60,62-64,66-67H,4-22,25-42,44-45,47-50H2,1-3H3,(H,61,68)/b24-23+,46-43+. The molecule has 0 aromatic rings. The summed E-state index contributed by atoms with van der Waals surface area (Å²) in [6.45, 7) is 5.77. The molecule has 1 saturated heterocycles. The van der Waals surface area contributed by atoms with Crippen LogP contribution in [0.5, 0.6) is 0 Å². The highest BCUT2D eigenvalue weighted by Crippen LogP contribution is 2.26. The molecule has 8 unspecified atom stereocenters. The minimum atomic E-state index is -1.61. The Balaban J connectivity index is 2.62. The number of rotatable bonds is 51. The molecule has 1 fully saturated rings. The smallest absolute Gasteiger partial charge is 0.306 e. The number of esters is 1. The highest BCUT2D eigenvalue weighted by molar-refractivity contribution is 5.80. The van der Waals surface area contributed by atoms with Gasteiger partial charge >= 0.3 is 5.97 Å². The molecule has 418 valence electrons. The van der Waals surface area contributed by atoms with E-state index in [2.05, 4.69) is 38.2 Å². The quantitative estimate of drug-likeness (QED) is 0.0195. The molecule has 0 spiro atoms. The number of carbonyl (C=O) groups excluding carboxylic acids is 2. The summed E-state index contributed by atoms with van der Waals surface area (Å²) in [6.07, 6.45) is 45.2. The minimum absolute atomic E-state index is 0.127. The summed E-state index contributed by atoms with van der Waals surface area (Å²) in [5, 5.41) is 56.7. The second kappa shape index (κ2) is 49.0. The molecule has 0 aromatic carbocycles. The van der Waals surface area contributed by atoms with Crippen molar-refractivity contribution in [1.29, 1.82) is 0 Å². The maximum atomic E-state index is 13.3. The number of ether oxygens (including phenoxy) is 3. The van der Waals surface area contributed by atoms with E-state index in [0.717, 1.165) is 57.8 Å². The summed E-state index contributed by atoms with van der Waals surface area (Å²) in [7, 11) is 0. The van der Waals surface area contributed by atoms with Gasteiger partial charge in [0.25, 0.3) is 0 Å². The molecule has 8 atom stereocenters. The lowest BCUT2D eigenvalue weighted by molar-refractivity contribution is -0.305. The zero-order valence-electron chi connectivity index (χ0n) is 46.1. The van der Waals surface area contributed by atoms with Crippen LogP contribution in [-0.2, 0) is 23.8 Å². The van der Waals surface area contributed by atoms with Crippen molar-refractivity contribution in [3.63, 3.8) is 0 Å². The third-order valence-corrected chi connectivity index (χ3v) is 14.4. The van der Waals surface area contributed by atoms with E-state index in [1.807, 2.05) is 6.08 Å². The summed E-state index contributed by atoms with van der Waals surface area (Å²) >= 11 is 0. The molecule has 6 N–H and O–H groups in total. The van der Waals surface area contributed by atoms with E-state index < -0.39 is 67.4 Å². The van der Waals surface area contributed by atoms with E-state index in [1.165, 1.54) is 180 Å². The molecule has 1 aliphatic rings. The first-order valence-corrected chi connectivity index (χ1v) is 30.1. The van der Waals surface area contributed by atoms with Crippen molar-refractivity contribution in [3.8, 4) is 0 Å². The van der Waals surface area contributed by atoms with E-state index in [9.17, 15) is 35.1 Å². The lowest BCUT2D eigenvalue weighted by atomic mass is 9.99. The van der Waals surface area contributed by atoms with Crippen LogP contribution in [0.1, 0.15) is 284 Å². The molecule has 1 aliphatic heterocycles. The maximum Gasteiger partial charge on any atom is 0.306 e. The van der Waals surface area contributed by atoms with Gasteiger partial charge in [0.05, 0.1) is 25.4 Å². The van der Waals surface area contributed by atoms with Gasteiger partial charge in [-0.05, 0) is 51.4 Å². The van der Waals surface area contributed by atoms with Crippen LogP contribution in [0.25, 0.3) is 0 Å². The van der Waals surface area contributed by atoms with Gasteiger partial charge in [-0.3, -0.25) is 9.59 Å². The first kappa shape index (κ1) is 67.2. The number of nitrogens with one attached hydrogen (secondary N) is 1. The van der Waals surface area contributed by atoms with E-state index >= 15 is 0 Å². The van der Waals surface area contributed by atoms with Crippen molar-refractivity contribution in [2.45, 2.75) is 333 Å². The third kappa shape index (κ3) is 37.5. The molecule has 11 heteroatoms. The number of aliphatic hydroxyl groups excluding tert-OH is 5. The van der Waals surface area contributed by atoms with Gasteiger partial charge in [-0.2, -0.15) is 0 Å². The summed E-state index contributed by atoms with van der Waals surface area (Å²) < 4.78 is 17.6. The third-order valence-electron chi connectivity index (χ3n) is 14.4. The van der Waals surface area contributed by atoms with Crippen LogP contribution in [0.2, 0.25) is 0 Å². The van der Waals surface area contributed by atoms with Gasteiger partial charge in [-0.15, -0.1) is 0 Å². The number of hydrogen-bond donors (Lipinski definition) is 6. The molecule has 1 amide bonds. The lowest BCUT2D eigenvalue weighted by Gasteiger charge is -2.41. The Bertz CT molecular complexity index is 1250. The Kier molecular flexibility index (Phi) is 46.4. The predicted octanol–water partition coefficient (Wildman–Crippen LogP) is 13.7. The number of aliphatic hydroxyl groups is 5. The monoisotopic (exact) mass is 1010 g/mol. The van der Waals surface area contributed by atoms with Crippen molar-refractivity contribution >= 4 is 11.9 Å². The van der Waals surface area contributed by atoms with E-state index in [-0.39, 0.29) is 13.0 Å². The molecule has 1 heterocycles. The average molecular weight is 1010 g/mol. The Morgan fingerprint density at radius 3 is 1.37 bits per heavy atom. The number of allylic oxidation sites excluding steroid dienone is 3. The first-order valence-electron chi connectivity index (χ1n) is 30.1. The van der Waals surface area contributed by atoms with Gasteiger partial charge in [-0.25, -0.2) is 0 Å². The highest BCUT2D eigenvalue weighted by Gasteiger charge is 2.47. The van der Waals surface area contributed by atoms with Gasteiger partial charge in [0, 0.05) is 6.42 Å². The summed E-state index contributed by atoms with van der Waals surface area (Å²) in [5.41, 5.74) is 0. The summed E-state index contributed by atoms with van der Waals surface area (Å²) in [4.78, 5) is 26.4. The fourth-order valence-electron chi connectivity index (χ4n) is 9.53. The molecular formula is C60H113NO10. The fraction of sp³-hybridized carbons (Fsp3) is 0.900. The van der Waals surface area contributed by atoms with Crippen molar-refractivity contribution in [2.75, 3.05) is 13.2 Å². The van der Waals surface area contributed by atoms with E-state index in [0.29, 0.717) is 19.3 Å². The fourth-order valence-corrected chi connectivity index (χ4v) is 9.53. The number of hydrogen-bond acceptors (Lipinski definition) is 10. The second-order valence-corrected chi connectivity index (χ2v) is 21.1. The van der Waals surface area contributed by atoms with Crippen molar-refractivity contribution in [3.05, 3.63) is 24.3 Å². The van der Waals surface area contributed by atoms with E-state index in [1.54, 1.807) is 6.08 Å². The van der Waals surface area contributed by atoms with Gasteiger partial charge in [0.15, 0.2) is 12.4 Å². The Morgan fingerprint density at radius 2 is 0.930 bits per heavy atom. The highest BCUT2D eigenvalue weighted by atomic mass is 16.7. The van der Waals surface area contributed by atoms with Crippen LogP contribution >= 0.6 is 0 Å². The topological polar surface area (TPSA) is 175 Å². The summed E-state index contributed by atoms with van der Waals surface area (Å²) in [5.74, 6) is -1.19. The summed E-state index contributed by atoms with van der Waals surface area (Å²) in [6, 6.07) is -1.02. The predicted molar refractivity (Wildman–Crippen MR) is 292 cm³/mol. The van der Waals surface area contributed by atoms with Crippen LogP contribution < -0.4 is 5.32 Å². The van der Waals surface area contributed by atoms with Crippen LogP contribution in [0, 0.1) is 0 Å². The Labute approximate surface area is 435 Å². The molecule has 71 heavy (non-hydrogen) atoms. The van der Waals surface area contributed by atoms with Gasteiger partial charge in [-0.1, -0.05) is 251 Å². The van der Waals surface area contributed by atoms with Gasteiger partial charge in [0.2, 0.25) is 5.91 Å². The maximum absolute atomic E-state index is 13.3. The number of unbranched alkanes of at least 4 members (excludes halogenated alkanes) is 35. The molecule has 1 rings (SSSR count). The Morgan fingerprint density at radius 1 is 0.535 bits per heavy atom. The molecule has 11 nitrogen and oxygen atoms in total. The van der Waals surface area contributed by atoms with Gasteiger partial charge in [0.1, 0.15) is 24.4 Å². The van der Waals surface area contributed by atoms with Crippen LogP contribution in [0.3, 0.4) is 0 Å². The van der Waals surface area contributed by atoms with Crippen molar-refractivity contribution in [1.82, 2.24) is 5.32 Å². The second-order valence-electron chi connectivity index (χ2n) is 21.1. The van der Waals surface area contributed by atoms with Crippen molar-refractivity contribution < 1.29 is 49.3 Å². The SMILES string of the molecule is CCCCCCCC/C=C/CCCCCCCCCCCCCC(=O)OC1C(OCC(NC(=O)C(O)CCCCCCCCCCCC)C(O)/C=C/CCCCCCCCCCC)OC(CO)C(O)C1O. The minimum Gasteiger partial charge on any atom is -0.454 e. The van der Waals surface area contributed by atoms with Crippen LogP contribution in [0.15, 0.2) is 24.3 Å². The largest absolute Gasteiger partial charge is 0.454 e. The molecule has 0 radical (unpaired) electrons. The molecular weight excluding hydrogens is 895 g/mol. The molecule has 0 saturated carbocycles. The lowest BCUT2D eigenvalue weighted by Crippen LogP contribution is -2.61. The molecule has 0 bridgehead atoms. The number of amides is 1. The zero-order valence-corrected chi connectivity index (χ0v) is 46.1.